The van der Waals surface area contributed by atoms with Crippen LogP contribution in [0.3, 0.4) is 0 Å². The summed E-state index contributed by atoms with van der Waals surface area (Å²) in [4.78, 5) is 39.8. The van der Waals surface area contributed by atoms with Gasteiger partial charge in [0, 0.05) is 24.5 Å². The lowest BCUT2D eigenvalue weighted by atomic mass is 10.1. The maximum absolute atomic E-state index is 13.0. The number of ether oxygens (including phenoxy) is 1. The molecule has 218 valence electrons. The van der Waals surface area contributed by atoms with Gasteiger partial charge in [0.1, 0.15) is 11.6 Å². The highest BCUT2D eigenvalue weighted by molar-refractivity contribution is 5.97. The quantitative estimate of drug-likeness (QED) is 0.378. The van der Waals surface area contributed by atoms with Crippen molar-refractivity contribution in [2.24, 2.45) is 0 Å². The number of esters is 1. The molecule has 0 spiro atoms. The molecule has 12 heteroatoms. The number of hydrogen-bond donors (Lipinski definition) is 2. The van der Waals surface area contributed by atoms with Gasteiger partial charge in [0.05, 0.1) is 23.4 Å². The number of amides is 2. The topological polar surface area (TPSA) is 106 Å². The molecule has 9 nitrogen and oxygen atoms in total. The Morgan fingerprint density at radius 2 is 1.76 bits per heavy atom. The van der Waals surface area contributed by atoms with E-state index in [1.54, 1.807) is 62.8 Å². The molecule has 0 bridgehead atoms. The van der Waals surface area contributed by atoms with Crippen LogP contribution >= 0.6 is 0 Å². The zero-order valence-corrected chi connectivity index (χ0v) is 23.2. The van der Waals surface area contributed by atoms with E-state index in [1.165, 1.54) is 17.0 Å². The van der Waals surface area contributed by atoms with E-state index in [9.17, 15) is 27.6 Å². The Morgan fingerprint density at radius 1 is 1.05 bits per heavy atom. The molecule has 3 aromatic rings. The SMILES string of the molecule is Cc1cc(-n2ccc(NC(=O)[C@H]3CCCN3C(=O)CNc3ccc(C(F)(F)F)cc3)n2)ccc1C(=O)OC(C)(C)C. The number of carbonyl (C=O) groups is 3. The fourth-order valence-corrected chi connectivity index (χ4v) is 4.49. The molecule has 41 heavy (non-hydrogen) atoms. The van der Waals surface area contributed by atoms with Crippen LogP contribution in [0.1, 0.15) is 55.1 Å². The third kappa shape index (κ3) is 7.44. The molecule has 0 radical (unpaired) electrons. The van der Waals surface area contributed by atoms with Gasteiger partial charge in [0.15, 0.2) is 5.82 Å². The van der Waals surface area contributed by atoms with Crippen molar-refractivity contribution < 1.29 is 32.3 Å². The highest BCUT2D eigenvalue weighted by Gasteiger charge is 2.34. The van der Waals surface area contributed by atoms with Crippen molar-refractivity contribution >= 4 is 29.3 Å². The molecule has 0 aliphatic carbocycles. The highest BCUT2D eigenvalue weighted by atomic mass is 19.4. The van der Waals surface area contributed by atoms with E-state index in [1.807, 2.05) is 0 Å². The van der Waals surface area contributed by atoms with E-state index in [0.717, 1.165) is 12.1 Å². The number of nitrogens with one attached hydrogen (secondary N) is 2. The first kappa shape index (κ1) is 29.6. The molecule has 1 aromatic heterocycles. The van der Waals surface area contributed by atoms with Crippen LogP contribution in [0.25, 0.3) is 5.69 Å². The van der Waals surface area contributed by atoms with Crippen LogP contribution in [0.2, 0.25) is 0 Å². The van der Waals surface area contributed by atoms with Crippen LogP contribution < -0.4 is 10.6 Å². The largest absolute Gasteiger partial charge is 0.456 e. The number of halogens is 3. The van der Waals surface area contributed by atoms with Gasteiger partial charge in [-0.05, 0) is 88.6 Å². The molecule has 2 amide bonds. The predicted octanol–water partition coefficient (Wildman–Crippen LogP) is 5.20. The first-order valence-electron chi connectivity index (χ1n) is 13.1. The molecule has 2 aromatic carbocycles. The number of aromatic nitrogens is 2. The van der Waals surface area contributed by atoms with E-state index in [-0.39, 0.29) is 18.4 Å². The van der Waals surface area contributed by atoms with Gasteiger partial charge in [0.2, 0.25) is 11.8 Å². The summed E-state index contributed by atoms with van der Waals surface area (Å²) in [6, 6.07) is 10.5. The van der Waals surface area contributed by atoms with E-state index < -0.39 is 29.4 Å². The number of rotatable bonds is 7. The molecule has 4 rings (SSSR count). The lowest BCUT2D eigenvalue weighted by Crippen LogP contribution is -2.45. The Hall–Kier alpha value is -4.35. The minimum absolute atomic E-state index is 0.164. The molecule has 1 atom stereocenters. The normalized spacial score (nSPS) is 15.5. The number of hydrogen-bond acceptors (Lipinski definition) is 6. The molecule has 1 aliphatic rings. The van der Waals surface area contributed by atoms with Crippen molar-refractivity contribution in [2.75, 3.05) is 23.7 Å². The van der Waals surface area contributed by atoms with Crippen LogP contribution in [0, 0.1) is 6.92 Å². The van der Waals surface area contributed by atoms with Crippen LogP contribution in [-0.4, -0.2) is 57.2 Å². The zero-order chi connectivity index (χ0) is 29.9. The second-order valence-corrected chi connectivity index (χ2v) is 10.8. The minimum atomic E-state index is -4.44. The van der Waals surface area contributed by atoms with Crippen LogP contribution in [0.5, 0.6) is 0 Å². The van der Waals surface area contributed by atoms with Gasteiger partial charge in [-0.1, -0.05) is 0 Å². The minimum Gasteiger partial charge on any atom is -0.456 e. The molecule has 1 fully saturated rings. The number of nitrogens with zero attached hydrogens (tertiary/aromatic N) is 3. The maximum atomic E-state index is 13.0. The summed E-state index contributed by atoms with van der Waals surface area (Å²) in [5, 5.41) is 9.99. The predicted molar refractivity (Wildman–Crippen MR) is 147 cm³/mol. The van der Waals surface area contributed by atoms with Crippen molar-refractivity contribution in [1.29, 1.82) is 0 Å². The van der Waals surface area contributed by atoms with Crippen LogP contribution in [0.15, 0.2) is 54.7 Å². The molecule has 1 saturated heterocycles. The smallest absolute Gasteiger partial charge is 0.416 e. The van der Waals surface area contributed by atoms with Gasteiger partial charge in [-0.15, -0.1) is 0 Å². The van der Waals surface area contributed by atoms with Gasteiger partial charge in [-0.3, -0.25) is 9.59 Å². The van der Waals surface area contributed by atoms with E-state index in [0.29, 0.717) is 47.7 Å². The first-order chi connectivity index (χ1) is 19.2. The summed E-state index contributed by atoms with van der Waals surface area (Å²) < 4.78 is 45.3. The summed E-state index contributed by atoms with van der Waals surface area (Å²) in [5.74, 6) is -0.841. The molecule has 2 N–H and O–H groups in total. The molecule has 0 saturated carbocycles. The maximum Gasteiger partial charge on any atom is 0.416 e. The van der Waals surface area contributed by atoms with E-state index in [4.69, 9.17) is 4.74 Å². The van der Waals surface area contributed by atoms with Crippen molar-refractivity contribution in [3.05, 3.63) is 71.4 Å². The number of anilines is 2. The second kappa shape index (κ2) is 11.6. The standard InChI is InChI=1S/C29H32F3N5O4/c1-18-16-21(11-12-22(18)27(40)41-28(2,3)4)37-15-13-24(35-37)34-26(39)23-6-5-14-36(23)25(38)17-33-20-9-7-19(8-10-20)29(30,31)32/h7-13,15-16,23,33H,5-6,14,17H2,1-4H3,(H,34,35,39)/t23-/m1/s1. The van der Waals surface area contributed by atoms with E-state index >= 15 is 0 Å². The summed E-state index contributed by atoms with van der Waals surface area (Å²) in [7, 11) is 0. The highest BCUT2D eigenvalue weighted by Crippen LogP contribution is 2.30. The summed E-state index contributed by atoms with van der Waals surface area (Å²) in [6.07, 6.45) is -1.65. The average molecular weight is 572 g/mol. The number of benzene rings is 2. The Labute approximate surface area is 235 Å². The Bertz CT molecular complexity index is 1430. The van der Waals surface area contributed by atoms with Crippen LogP contribution in [-0.2, 0) is 20.5 Å². The van der Waals surface area contributed by atoms with Gasteiger partial charge >= 0.3 is 12.1 Å². The van der Waals surface area contributed by atoms with Crippen molar-refractivity contribution in [1.82, 2.24) is 14.7 Å². The fraction of sp³-hybridized carbons (Fsp3) is 0.379. The van der Waals surface area contributed by atoms with Crippen molar-refractivity contribution in [3.63, 3.8) is 0 Å². The van der Waals surface area contributed by atoms with Gasteiger partial charge < -0.3 is 20.3 Å². The molecular weight excluding hydrogens is 539 g/mol. The van der Waals surface area contributed by atoms with Crippen LogP contribution in [0.4, 0.5) is 24.7 Å². The summed E-state index contributed by atoms with van der Waals surface area (Å²) in [5.41, 5.74) is 0.820. The number of aryl methyl sites for hydroxylation is 1. The van der Waals surface area contributed by atoms with Crippen molar-refractivity contribution in [3.8, 4) is 5.69 Å². The fourth-order valence-electron chi connectivity index (χ4n) is 4.49. The third-order valence-corrected chi connectivity index (χ3v) is 6.47. The lowest BCUT2D eigenvalue weighted by molar-refractivity contribution is -0.137. The average Bonchev–Trinajstić information content (AvgIpc) is 3.56. The van der Waals surface area contributed by atoms with Crippen molar-refractivity contribution in [2.45, 2.75) is 58.4 Å². The number of carbonyl (C=O) groups excluding carboxylic acids is 3. The molecule has 0 unspecified atom stereocenters. The molecule has 2 heterocycles. The van der Waals surface area contributed by atoms with E-state index in [2.05, 4.69) is 15.7 Å². The monoisotopic (exact) mass is 571 g/mol. The number of alkyl halides is 3. The first-order valence-corrected chi connectivity index (χ1v) is 13.1. The van der Waals surface area contributed by atoms with Gasteiger partial charge in [-0.25, -0.2) is 9.48 Å². The molecule has 1 aliphatic heterocycles. The Kier molecular flexibility index (Phi) is 8.41. The number of likely N-dealkylation sites (tertiary alicyclic amines) is 1. The van der Waals surface area contributed by atoms with Gasteiger partial charge in [0.25, 0.3) is 0 Å². The summed E-state index contributed by atoms with van der Waals surface area (Å²) >= 11 is 0. The third-order valence-electron chi connectivity index (χ3n) is 6.47. The lowest BCUT2D eigenvalue weighted by Gasteiger charge is -2.24. The Balaban J connectivity index is 1.35. The summed E-state index contributed by atoms with van der Waals surface area (Å²) in [6.45, 7) is 7.43. The Morgan fingerprint density at radius 3 is 2.39 bits per heavy atom. The molecular formula is C29H32F3N5O4. The van der Waals surface area contributed by atoms with Gasteiger partial charge in [-0.2, -0.15) is 18.3 Å². The zero-order valence-electron chi connectivity index (χ0n) is 23.2. The second-order valence-electron chi connectivity index (χ2n) is 10.8.